The van der Waals surface area contributed by atoms with E-state index in [1.54, 1.807) is 6.92 Å². The van der Waals surface area contributed by atoms with E-state index < -0.39 is 35.8 Å². The van der Waals surface area contributed by atoms with Crippen molar-refractivity contribution in [1.29, 1.82) is 0 Å². The van der Waals surface area contributed by atoms with Crippen LogP contribution in [-0.4, -0.2) is 23.0 Å². The van der Waals surface area contributed by atoms with Crippen molar-refractivity contribution in [3.8, 4) is 0 Å². The van der Waals surface area contributed by atoms with E-state index in [1.165, 1.54) is 4.90 Å². The Balaban J connectivity index is 3.56. The number of hydrogen-bond donors (Lipinski definition) is 0. The number of likely N-dealkylation sites (tertiary alicyclic amines) is 1. The molecule has 2 atom stereocenters. The molecule has 0 aromatic heterocycles. The summed E-state index contributed by atoms with van der Waals surface area (Å²) >= 11 is 0. The van der Waals surface area contributed by atoms with E-state index >= 15 is 0 Å². The zero-order valence-corrected chi connectivity index (χ0v) is 10.5. The van der Waals surface area contributed by atoms with Crippen LogP contribution in [0.3, 0.4) is 0 Å². The number of rotatable bonds is 0. The molecule has 2 unspecified atom stereocenters. The fourth-order valence-corrected chi connectivity index (χ4v) is 1.99. The molecule has 0 amide bonds. The van der Waals surface area contributed by atoms with Gasteiger partial charge in [0.25, 0.3) is 0 Å². The van der Waals surface area contributed by atoms with Crippen LogP contribution in [0.25, 0.3) is 0 Å². The van der Waals surface area contributed by atoms with Crippen molar-refractivity contribution < 1.29 is 6.85 Å². The van der Waals surface area contributed by atoms with Gasteiger partial charge in [0.1, 0.15) is 0 Å². The Morgan fingerprint density at radius 1 is 1.21 bits per heavy atom. The van der Waals surface area contributed by atoms with Crippen molar-refractivity contribution in [3.63, 3.8) is 0 Å². The summed E-state index contributed by atoms with van der Waals surface area (Å²) in [6.45, 7) is 10.6. The second kappa shape index (κ2) is 3.52. The fourth-order valence-electron chi connectivity index (χ4n) is 1.99. The van der Waals surface area contributed by atoms with Gasteiger partial charge in [0.2, 0.25) is 0 Å². The van der Waals surface area contributed by atoms with Crippen molar-refractivity contribution in [2.24, 2.45) is 11.3 Å². The molecule has 14 heavy (non-hydrogen) atoms. The Labute approximate surface area is 96.9 Å². The first kappa shape index (κ1) is 6.52. The van der Waals surface area contributed by atoms with Crippen molar-refractivity contribution in [1.82, 2.24) is 4.90 Å². The molecule has 0 N–H and O–H groups in total. The molecule has 0 aromatic rings. The molecular formula is C13H27N. The maximum atomic E-state index is 8.67. The summed E-state index contributed by atoms with van der Waals surface area (Å²) in [4.78, 5) is 1.39. The van der Waals surface area contributed by atoms with Gasteiger partial charge < -0.3 is 0 Å². The zero-order valence-electron chi connectivity index (χ0n) is 15.5. The molecule has 0 saturated carbocycles. The summed E-state index contributed by atoms with van der Waals surface area (Å²) < 4.78 is 41.8. The number of hydrogen-bond acceptors (Lipinski definition) is 1. The third-order valence-corrected chi connectivity index (χ3v) is 2.63. The summed E-state index contributed by atoms with van der Waals surface area (Å²) in [7, 11) is 0. The predicted molar refractivity (Wildman–Crippen MR) is 63.5 cm³/mol. The molecule has 0 spiro atoms. The highest BCUT2D eigenvalue weighted by Gasteiger charge is 2.41. The van der Waals surface area contributed by atoms with E-state index in [9.17, 15) is 0 Å². The summed E-state index contributed by atoms with van der Waals surface area (Å²) in [5.41, 5.74) is -1.11. The Bertz CT molecular complexity index is 328. The molecule has 1 saturated heterocycles. The molecule has 0 aliphatic carbocycles. The van der Waals surface area contributed by atoms with Gasteiger partial charge in [0.15, 0.2) is 0 Å². The van der Waals surface area contributed by atoms with Crippen molar-refractivity contribution >= 4 is 0 Å². The minimum absolute atomic E-state index is 0.493. The van der Waals surface area contributed by atoms with Gasteiger partial charge in [0, 0.05) is 18.4 Å². The number of nitrogens with zero attached hydrogens (tertiary/aromatic N) is 1. The molecule has 1 heteroatoms. The second-order valence-corrected chi connectivity index (χ2v) is 6.20. The second-order valence-electron chi connectivity index (χ2n) is 6.20. The van der Waals surface area contributed by atoms with Crippen LogP contribution >= 0.6 is 0 Å². The minimum Gasteiger partial charge on any atom is -0.296 e. The highest BCUT2D eigenvalue weighted by Crippen LogP contribution is 2.40. The summed E-state index contributed by atoms with van der Waals surface area (Å²) in [6.07, 6.45) is -2.07. The molecule has 0 aromatic carbocycles. The van der Waals surface area contributed by atoms with Gasteiger partial charge in [-0.25, -0.2) is 0 Å². The first-order valence-corrected chi connectivity index (χ1v) is 5.29. The van der Waals surface area contributed by atoms with E-state index in [4.69, 9.17) is 6.85 Å². The average molecular weight is 202 g/mol. The Morgan fingerprint density at radius 3 is 1.93 bits per heavy atom. The Hall–Kier alpha value is -0.0400. The van der Waals surface area contributed by atoms with Gasteiger partial charge in [-0.15, -0.1) is 0 Å². The van der Waals surface area contributed by atoms with E-state index in [-0.39, 0.29) is 0 Å². The minimum atomic E-state index is -2.17. The predicted octanol–water partition coefficient (Wildman–Crippen LogP) is 3.54. The van der Waals surface area contributed by atoms with Crippen LogP contribution in [0.4, 0.5) is 0 Å². The average Bonchev–Trinajstić information content (AvgIpc) is 2.02. The highest BCUT2D eigenvalue weighted by molar-refractivity contribution is 4.95. The molecule has 1 aliphatic rings. The maximum Gasteiger partial charge on any atom is 0.0468 e. The molecule has 1 fully saturated rings. The van der Waals surface area contributed by atoms with Gasteiger partial charge in [0.05, 0.1) is 0 Å². The highest BCUT2D eigenvalue weighted by atomic mass is 15.2. The topological polar surface area (TPSA) is 3.24 Å². The van der Waals surface area contributed by atoms with Gasteiger partial charge in [-0.3, -0.25) is 4.90 Å². The van der Waals surface area contributed by atoms with Crippen LogP contribution < -0.4 is 0 Å². The summed E-state index contributed by atoms with van der Waals surface area (Å²) in [5.74, 6) is -0.721. The van der Waals surface area contributed by atoms with Crippen LogP contribution in [0.2, 0.25) is 0 Å². The molecular weight excluding hydrogens is 170 g/mol. The largest absolute Gasteiger partial charge is 0.296 e. The standard InChI is InChI=1S/C13H27N/c1-10-11(12(2,3)4)8-9-14(10)13(5,6)7/h10-11H,8-9H2,1-7H3/i8D2,9D2,10D. The summed E-state index contributed by atoms with van der Waals surface area (Å²) in [6, 6.07) is -1.30. The smallest absolute Gasteiger partial charge is 0.0468 e. The molecule has 0 bridgehead atoms. The molecule has 1 aliphatic heterocycles. The van der Waals surface area contributed by atoms with E-state index in [1.807, 2.05) is 41.5 Å². The van der Waals surface area contributed by atoms with Crippen LogP contribution in [0.5, 0.6) is 0 Å². The summed E-state index contributed by atoms with van der Waals surface area (Å²) in [5, 5.41) is 0. The molecule has 1 nitrogen and oxygen atoms in total. The van der Waals surface area contributed by atoms with E-state index in [0.29, 0.717) is 0 Å². The quantitative estimate of drug-likeness (QED) is 0.581. The maximum absolute atomic E-state index is 8.67. The SMILES string of the molecule is [2H]C1(C)C(C(C)(C)C)C([2H])([2H])C([2H])([2H])N1C(C)(C)C. The first-order chi connectivity index (χ1) is 7.98. The zero-order chi connectivity index (χ0) is 15.7. The normalized spacial score (nSPS) is 48.8. The van der Waals surface area contributed by atoms with Crippen molar-refractivity contribution in [2.75, 3.05) is 6.50 Å². The molecule has 84 valence electrons. The monoisotopic (exact) mass is 202 g/mol. The van der Waals surface area contributed by atoms with Crippen molar-refractivity contribution in [3.05, 3.63) is 0 Å². The van der Waals surface area contributed by atoms with Gasteiger partial charge in [-0.2, -0.15) is 0 Å². The fraction of sp³-hybridized carbons (Fsp3) is 1.00. The third-order valence-electron chi connectivity index (χ3n) is 2.63. The van der Waals surface area contributed by atoms with Gasteiger partial charge >= 0.3 is 0 Å². The van der Waals surface area contributed by atoms with Crippen LogP contribution in [0.15, 0.2) is 0 Å². The molecule has 1 rings (SSSR count). The molecule has 0 radical (unpaired) electrons. The molecule has 1 heterocycles. The van der Waals surface area contributed by atoms with Gasteiger partial charge in [-0.05, 0) is 51.9 Å². The lowest BCUT2D eigenvalue weighted by atomic mass is 9.76. The lowest BCUT2D eigenvalue weighted by Gasteiger charge is -2.39. The van der Waals surface area contributed by atoms with E-state index in [0.717, 1.165) is 0 Å². The van der Waals surface area contributed by atoms with E-state index in [2.05, 4.69) is 0 Å². The van der Waals surface area contributed by atoms with Crippen LogP contribution in [-0.2, 0) is 0 Å². The van der Waals surface area contributed by atoms with Crippen LogP contribution in [0.1, 0.15) is 61.7 Å². The van der Waals surface area contributed by atoms with Gasteiger partial charge in [-0.1, -0.05) is 20.8 Å². The Kier molecular flexibility index (Phi) is 1.64. The van der Waals surface area contributed by atoms with Crippen molar-refractivity contribution in [2.45, 2.75) is 66.4 Å². The van der Waals surface area contributed by atoms with Crippen LogP contribution in [0, 0.1) is 11.3 Å². The lowest BCUT2D eigenvalue weighted by molar-refractivity contribution is 0.0908. The third kappa shape index (κ3) is 2.31. The Morgan fingerprint density at radius 2 is 1.71 bits per heavy atom. The lowest BCUT2D eigenvalue weighted by Crippen LogP contribution is -2.46. The first-order valence-electron chi connectivity index (χ1n) is 7.79.